The van der Waals surface area contributed by atoms with Gasteiger partial charge in [-0.2, -0.15) is 0 Å². The maximum Gasteiger partial charge on any atom is 0.264 e. The molecule has 0 saturated carbocycles. The topological polar surface area (TPSA) is 63.2 Å². The lowest BCUT2D eigenvalue weighted by Gasteiger charge is -2.10. The van der Waals surface area contributed by atoms with Gasteiger partial charge in [-0.05, 0) is 25.0 Å². The quantitative estimate of drug-likeness (QED) is 0.823. The van der Waals surface area contributed by atoms with Gasteiger partial charge < -0.3 is 0 Å². The van der Waals surface area contributed by atoms with Crippen LogP contribution in [0.3, 0.4) is 0 Å². The Morgan fingerprint density at radius 1 is 1.20 bits per heavy atom. The van der Waals surface area contributed by atoms with Crippen LogP contribution >= 0.6 is 0 Å². The first-order chi connectivity index (χ1) is 6.84. The molecule has 0 fully saturated rings. The number of aryl methyl sites for hydroxylation is 2. The van der Waals surface area contributed by atoms with Crippen molar-refractivity contribution in [2.24, 2.45) is 0 Å². The van der Waals surface area contributed by atoms with E-state index in [2.05, 4.69) is 0 Å². The lowest BCUT2D eigenvalue weighted by molar-refractivity contribution is -0.117. The van der Waals surface area contributed by atoms with Crippen LogP contribution in [0.2, 0.25) is 0 Å². The van der Waals surface area contributed by atoms with Gasteiger partial charge in [-0.1, -0.05) is 18.2 Å². The molecule has 0 aromatic heterocycles. The molecule has 0 heterocycles. The zero-order chi connectivity index (χ0) is 11.6. The summed E-state index contributed by atoms with van der Waals surface area (Å²) < 4.78 is 25.5. The molecule has 1 rings (SSSR count). The van der Waals surface area contributed by atoms with Gasteiger partial charge >= 0.3 is 0 Å². The van der Waals surface area contributed by atoms with Crippen LogP contribution in [0.25, 0.3) is 0 Å². The zero-order valence-corrected chi connectivity index (χ0v) is 9.68. The van der Waals surface area contributed by atoms with Gasteiger partial charge in [0.2, 0.25) is 5.91 Å². The van der Waals surface area contributed by atoms with Crippen LogP contribution in [0.4, 0.5) is 0 Å². The summed E-state index contributed by atoms with van der Waals surface area (Å²) in [6, 6.07) is 5.17. The van der Waals surface area contributed by atoms with Crippen LogP contribution in [0.5, 0.6) is 0 Å². The highest BCUT2D eigenvalue weighted by atomic mass is 32.2. The van der Waals surface area contributed by atoms with Gasteiger partial charge in [0, 0.05) is 6.92 Å². The maximum absolute atomic E-state index is 11.8. The molecule has 0 saturated heterocycles. The minimum atomic E-state index is -3.72. The fraction of sp³-hybridized carbons (Fsp3) is 0.300. The Hall–Kier alpha value is -1.36. The number of amides is 1. The van der Waals surface area contributed by atoms with Crippen LogP contribution in [0, 0.1) is 13.8 Å². The molecule has 0 aliphatic heterocycles. The predicted molar refractivity (Wildman–Crippen MR) is 56.9 cm³/mol. The van der Waals surface area contributed by atoms with Gasteiger partial charge in [0.1, 0.15) is 0 Å². The van der Waals surface area contributed by atoms with E-state index in [1.807, 2.05) is 4.72 Å². The number of carbonyl (C=O) groups is 1. The summed E-state index contributed by atoms with van der Waals surface area (Å²) in [5.74, 6) is -0.586. The Balaban J connectivity index is 3.33. The molecule has 0 radical (unpaired) electrons. The highest BCUT2D eigenvalue weighted by Crippen LogP contribution is 2.18. The Labute approximate surface area is 89.4 Å². The largest absolute Gasteiger partial charge is 0.274 e. The molecular formula is C10H13NO3S. The summed E-state index contributed by atoms with van der Waals surface area (Å²) in [4.78, 5) is 10.9. The molecule has 0 spiro atoms. The number of nitrogens with one attached hydrogen (secondary N) is 1. The number of sulfonamides is 1. The van der Waals surface area contributed by atoms with Crippen LogP contribution in [-0.2, 0) is 14.8 Å². The fourth-order valence-corrected chi connectivity index (χ4v) is 2.93. The van der Waals surface area contributed by atoms with Crippen molar-refractivity contribution in [3.8, 4) is 0 Å². The van der Waals surface area contributed by atoms with Crippen molar-refractivity contribution in [2.45, 2.75) is 25.7 Å². The maximum atomic E-state index is 11.8. The molecule has 0 unspecified atom stereocenters. The van der Waals surface area contributed by atoms with Crippen molar-refractivity contribution in [3.05, 3.63) is 29.3 Å². The third-order valence-electron chi connectivity index (χ3n) is 1.96. The van der Waals surface area contributed by atoms with Crippen molar-refractivity contribution >= 4 is 15.9 Å². The van der Waals surface area contributed by atoms with Crippen molar-refractivity contribution in [1.29, 1.82) is 0 Å². The Morgan fingerprint density at radius 2 is 1.67 bits per heavy atom. The van der Waals surface area contributed by atoms with Crippen LogP contribution in [0.15, 0.2) is 23.1 Å². The van der Waals surface area contributed by atoms with E-state index in [4.69, 9.17) is 0 Å². The van der Waals surface area contributed by atoms with E-state index in [1.165, 1.54) is 6.92 Å². The average Bonchev–Trinajstić information content (AvgIpc) is 1.99. The second-order valence-electron chi connectivity index (χ2n) is 3.38. The Morgan fingerprint density at radius 3 is 2.07 bits per heavy atom. The molecule has 1 aromatic carbocycles. The third-order valence-corrected chi connectivity index (χ3v) is 3.69. The van der Waals surface area contributed by atoms with Crippen LogP contribution in [0.1, 0.15) is 18.1 Å². The lowest BCUT2D eigenvalue weighted by atomic mass is 10.2. The molecule has 4 nitrogen and oxygen atoms in total. The van der Waals surface area contributed by atoms with Gasteiger partial charge in [0.05, 0.1) is 4.90 Å². The Kier molecular flexibility index (Phi) is 3.14. The molecular weight excluding hydrogens is 214 g/mol. The first-order valence-electron chi connectivity index (χ1n) is 4.44. The minimum Gasteiger partial charge on any atom is -0.274 e. The van der Waals surface area contributed by atoms with Gasteiger partial charge in [0.25, 0.3) is 10.0 Å². The first kappa shape index (κ1) is 11.7. The number of hydrogen-bond acceptors (Lipinski definition) is 3. The summed E-state index contributed by atoms with van der Waals surface area (Å²) >= 11 is 0. The highest BCUT2D eigenvalue weighted by molar-refractivity contribution is 7.90. The SMILES string of the molecule is CC(=O)NS(=O)(=O)c1c(C)cccc1C. The van der Waals surface area contributed by atoms with Crippen molar-refractivity contribution < 1.29 is 13.2 Å². The van der Waals surface area contributed by atoms with Gasteiger partial charge in [-0.15, -0.1) is 0 Å². The van der Waals surface area contributed by atoms with Gasteiger partial charge in [0.15, 0.2) is 0 Å². The van der Waals surface area contributed by atoms with Crippen LogP contribution < -0.4 is 4.72 Å². The van der Waals surface area contributed by atoms with E-state index in [9.17, 15) is 13.2 Å². The van der Waals surface area contributed by atoms with Crippen molar-refractivity contribution in [2.75, 3.05) is 0 Å². The number of benzene rings is 1. The van der Waals surface area contributed by atoms with E-state index in [1.54, 1.807) is 32.0 Å². The second-order valence-corrected chi connectivity index (χ2v) is 5.00. The summed E-state index contributed by atoms with van der Waals surface area (Å²) in [7, 11) is -3.72. The molecule has 0 bridgehead atoms. The predicted octanol–water partition coefficient (Wildman–Crippen LogP) is 1.13. The smallest absolute Gasteiger partial charge is 0.264 e. The number of carbonyl (C=O) groups excluding carboxylic acids is 1. The van der Waals surface area contributed by atoms with Crippen LogP contribution in [-0.4, -0.2) is 14.3 Å². The highest BCUT2D eigenvalue weighted by Gasteiger charge is 2.19. The second kappa shape index (κ2) is 4.02. The fourth-order valence-electron chi connectivity index (χ4n) is 1.46. The van der Waals surface area contributed by atoms with Crippen molar-refractivity contribution in [1.82, 2.24) is 4.72 Å². The van der Waals surface area contributed by atoms with E-state index in [0.29, 0.717) is 11.1 Å². The minimum absolute atomic E-state index is 0.181. The summed E-state index contributed by atoms with van der Waals surface area (Å²) in [6.07, 6.45) is 0. The molecule has 82 valence electrons. The number of rotatable bonds is 2. The summed E-state index contributed by atoms with van der Waals surface area (Å²) in [6.45, 7) is 4.56. The molecule has 0 aliphatic carbocycles. The molecule has 0 atom stereocenters. The van der Waals surface area contributed by atoms with Gasteiger partial charge in [-0.3, -0.25) is 4.79 Å². The molecule has 1 N–H and O–H groups in total. The van der Waals surface area contributed by atoms with E-state index in [0.717, 1.165) is 0 Å². The third kappa shape index (κ3) is 2.56. The lowest BCUT2D eigenvalue weighted by Crippen LogP contribution is -2.29. The van der Waals surface area contributed by atoms with E-state index >= 15 is 0 Å². The first-order valence-corrected chi connectivity index (χ1v) is 5.92. The zero-order valence-electron chi connectivity index (χ0n) is 8.87. The standard InChI is InChI=1S/C10H13NO3S/c1-7-5-4-6-8(2)10(7)15(13,14)11-9(3)12/h4-6H,1-3H3,(H,11,12). The molecule has 5 heteroatoms. The summed E-state index contributed by atoms with van der Waals surface area (Å²) in [5, 5.41) is 0. The monoisotopic (exact) mass is 227 g/mol. The van der Waals surface area contributed by atoms with Crippen molar-refractivity contribution in [3.63, 3.8) is 0 Å². The Bertz CT molecular complexity index is 471. The normalized spacial score (nSPS) is 11.1. The average molecular weight is 227 g/mol. The van der Waals surface area contributed by atoms with E-state index in [-0.39, 0.29) is 4.90 Å². The number of hydrogen-bond donors (Lipinski definition) is 1. The molecule has 1 amide bonds. The molecule has 0 aliphatic rings. The summed E-state index contributed by atoms with van der Waals surface area (Å²) in [5.41, 5.74) is 1.26. The van der Waals surface area contributed by atoms with E-state index < -0.39 is 15.9 Å². The molecule has 1 aromatic rings. The molecule has 15 heavy (non-hydrogen) atoms. The van der Waals surface area contributed by atoms with Gasteiger partial charge in [-0.25, -0.2) is 13.1 Å².